The maximum Gasteiger partial charge on any atom is 0.305 e. The predicted octanol–water partition coefficient (Wildman–Crippen LogP) is 4.33. The van der Waals surface area contributed by atoms with Gasteiger partial charge in [0.15, 0.2) is 0 Å². The number of esters is 1. The second kappa shape index (κ2) is 9.37. The minimum atomic E-state index is -2.62. The maximum atomic E-state index is 13.3. The highest BCUT2D eigenvalue weighted by Crippen LogP contribution is 2.27. The summed E-state index contributed by atoms with van der Waals surface area (Å²) in [5.74, 6) is -3.01. The highest BCUT2D eigenvalue weighted by Gasteiger charge is 2.27. The predicted molar refractivity (Wildman–Crippen MR) is 64.2 cm³/mol. The zero-order valence-electron chi connectivity index (χ0n) is 10.9. The number of rotatable bonds is 10. The van der Waals surface area contributed by atoms with E-state index < -0.39 is 5.92 Å². The molecule has 0 aliphatic carbocycles. The molecule has 0 heterocycles. The van der Waals surface area contributed by atoms with Crippen molar-refractivity contribution in [3.05, 3.63) is 0 Å². The second-order valence-corrected chi connectivity index (χ2v) is 4.33. The van der Waals surface area contributed by atoms with Crippen molar-refractivity contribution in [3.63, 3.8) is 0 Å². The van der Waals surface area contributed by atoms with Gasteiger partial charge in [-0.2, -0.15) is 0 Å². The summed E-state index contributed by atoms with van der Waals surface area (Å²) in [5.41, 5.74) is 0. The third-order valence-electron chi connectivity index (χ3n) is 2.62. The van der Waals surface area contributed by atoms with Crippen molar-refractivity contribution in [1.82, 2.24) is 0 Å². The Morgan fingerprint density at radius 3 is 2.29 bits per heavy atom. The van der Waals surface area contributed by atoms with E-state index in [2.05, 4.69) is 11.7 Å². The zero-order chi connectivity index (χ0) is 13.1. The van der Waals surface area contributed by atoms with E-state index in [0.717, 1.165) is 19.3 Å². The van der Waals surface area contributed by atoms with Gasteiger partial charge in [0.05, 0.1) is 6.61 Å². The van der Waals surface area contributed by atoms with Gasteiger partial charge in [0.1, 0.15) is 0 Å². The SMILES string of the molecule is CCCCCCC(F)(F)CCCC(=O)OCC. The molecule has 0 amide bonds. The third kappa shape index (κ3) is 10.2. The summed E-state index contributed by atoms with van der Waals surface area (Å²) in [4.78, 5) is 11.0. The van der Waals surface area contributed by atoms with Crippen molar-refractivity contribution in [3.8, 4) is 0 Å². The van der Waals surface area contributed by atoms with Gasteiger partial charge in [-0.05, 0) is 19.8 Å². The van der Waals surface area contributed by atoms with E-state index in [1.165, 1.54) is 0 Å². The first-order valence-corrected chi connectivity index (χ1v) is 6.55. The summed E-state index contributed by atoms with van der Waals surface area (Å²) in [7, 11) is 0. The van der Waals surface area contributed by atoms with Crippen LogP contribution in [0.3, 0.4) is 0 Å². The number of alkyl halides is 2. The molecule has 0 aliphatic rings. The standard InChI is InChI=1S/C13H24F2O2/c1-3-5-6-7-10-13(14,15)11-8-9-12(16)17-4-2/h3-11H2,1-2H3. The molecule has 4 heteroatoms. The van der Waals surface area contributed by atoms with Gasteiger partial charge in [0.2, 0.25) is 5.92 Å². The molecule has 2 nitrogen and oxygen atoms in total. The van der Waals surface area contributed by atoms with Crippen LogP contribution in [0.4, 0.5) is 8.78 Å². The van der Waals surface area contributed by atoms with Crippen LogP contribution in [-0.4, -0.2) is 18.5 Å². The minimum Gasteiger partial charge on any atom is -0.466 e. The number of carbonyl (C=O) groups excluding carboxylic acids is 1. The Morgan fingerprint density at radius 1 is 1.06 bits per heavy atom. The van der Waals surface area contributed by atoms with Crippen LogP contribution in [0.2, 0.25) is 0 Å². The smallest absolute Gasteiger partial charge is 0.305 e. The van der Waals surface area contributed by atoms with E-state index in [0.29, 0.717) is 13.0 Å². The van der Waals surface area contributed by atoms with Crippen molar-refractivity contribution in [2.75, 3.05) is 6.61 Å². The van der Waals surface area contributed by atoms with Crippen molar-refractivity contribution in [2.45, 2.75) is 71.1 Å². The van der Waals surface area contributed by atoms with Gasteiger partial charge >= 0.3 is 5.97 Å². The Bertz CT molecular complexity index is 206. The number of ether oxygens (including phenoxy) is 1. The summed E-state index contributed by atoms with van der Waals surface area (Å²) in [5, 5.41) is 0. The van der Waals surface area contributed by atoms with Gasteiger partial charge in [0, 0.05) is 19.3 Å². The van der Waals surface area contributed by atoms with Crippen LogP contribution in [0, 0.1) is 0 Å². The average molecular weight is 250 g/mol. The molecule has 0 aliphatic heterocycles. The lowest BCUT2D eigenvalue weighted by Crippen LogP contribution is -2.16. The van der Waals surface area contributed by atoms with Gasteiger partial charge in [-0.15, -0.1) is 0 Å². The fraction of sp³-hybridized carbons (Fsp3) is 0.923. The fourth-order valence-corrected chi connectivity index (χ4v) is 1.66. The van der Waals surface area contributed by atoms with Crippen molar-refractivity contribution in [2.24, 2.45) is 0 Å². The van der Waals surface area contributed by atoms with E-state index in [9.17, 15) is 13.6 Å². The lowest BCUT2D eigenvalue weighted by atomic mass is 10.0. The first kappa shape index (κ1) is 16.3. The van der Waals surface area contributed by atoms with E-state index in [1.807, 2.05) is 0 Å². The Balaban J connectivity index is 3.59. The first-order chi connectivity index (χ1) is 8.02. The molecule has 0 saturated carbocycles. The van der Waals surface area contributed by atoms with Crippen LogP contribution >= 0.6 is 0 Å². The molecule has 0 radical (unpaired) electrons. The first-order valence-electron chi connectivity index (χ1n) is 6.55. The van der Waals surface area contributed by atoms with Crippen molar-refractivity contribution < 1.29 is 18.3 Å². The average Bonchev–Trinajstić information content (AvgIpc) is 2.24. The monoisotopic (exact) mass is 250 g/mol. The van der Waals surface area contributed by atoms with Gasteiger partial charge in [0.25, 0.3) is 0 Å². The molecule has 0 saturated heterocycles. The Labute approximate surface area is 103 Å². The molecular weight excluding hydrogens is 226 g/mol. The third-order valence-corrected chi connectivity index (χ3v) is 2.62. The summed E-state index contributed by atoms with van der Waals surface area (Å²) in [6.45, 7) is 4.07. The molecule has 0 fully saturated rings. The molecule has 0 aromatic rings. The molecular formula is C13H24F2O2. The normalized spacial score (nSPS) is 11.5. The van der Waals surface area contributed by atoms with E-state index in [1.54, 1.807) is 6.92 Å². The highest BCUT2D eigenvalue weighted by molar-refractivity contribution is 5.69. The van der Waals surface area contributed by atoms with Crippen LogP contribution in [0.5, 0.6) is 0 Å². The molecule has 0 atom stereocenters. The summed E-state index contributed by atoms with van der Waals surface area (Å²) in [6, 6.07) is 0. The molecule has 17 heavy (non-hydrogen) atoms. The van der Waals surface area contributed by atoms with Crippen LogP contribution in [-0.2, 0) is 9.53 Å². The molecule has 0 aromatic carbocycles. The molecule has 102 valence electrons. The van der Waals surface area contributed by atoms with E-state index in [4.69, 9.17) is 0 Å². The van der Waals surface area contributed by atoms with Crippen LogP contribution in [0.25, 0.3) is 0 Å². The van der Waals surface area contributed by atoms with Crippen LogP contribution in [0.15, 0.2) is 0 Å². The number of unbranched alkanes of at least 4 members (excludes halogenated alkanes) is 3. The topological polar surface area (TPSA) is 26.3 Å². The largest absolute Gasteiger partial charge is 0.466 e. The number of hydrogen-bond donors (Lipinski definition) is 0. The molecule has 0 aromatic heterocycles. The lowest BCUT2D eigenvalue weighted by Gasteiger charge is -2.15. The number of halogens is 2. The number of hydrogen-bond acceptors (Lipinski definition) is 2. The Kier molecular flexibility index (Phi) is 9.00. The van der Waals surface area contributed by atoms with Gasteiger partial charge in [-0.25, -0.2) is 8.78 Å². The summed E-state index contributed by atoms with van der Waals surface area (Å²) >= 11 is 0. The molecule has 0 spiro atoms. The molecule has 0 bridgehead atoms. The molecule has 0 rings (SSSR count). The van der Waals surface area contributed by atoms with Gasteiger partial charge in [-0.3, -0.25) is 4.79 Å². The summed E-state index contributed by atoms with van der Waals surface area (Å²) < 4.78 is 31.4. The highest BCUT2D eigenvalue weighted by atomic mass is 19.3. The van der Waals surface area contributed by atoms with E-state index >= 15 is 0 Å². The maximum absolute atomic E-state index is 13.3. The minimum absolute atomic E-state index is 0.0597. The van der Waals surface area contributed by atoms with Crippen LogP contribution < -0.4 is 0 Å². The van der Waals surface area contributed by atoms with E-state index in [-0.39, 0.29) is 31.7 Å². The zero-order valence-corrected chi connectivity index (χ0v) is 10.9. The quantitative estimate of drug-likeness (QED) is 0.426. The van der Waals surface area contributed by atoms with Gasteiger partial charge in [-0.1, -0.05) is 26.2 Å². The molecule has 0 unspecified atom stereocenters. The second-order valence-electron chi connectivity index (χ2n) is 4.33. The van der Waals surface area contributed by atoms with Crippen molar-refractivity contribution >= 4 is 5.97 Å². The number of carbonyl (C=O) groups is 1. The van der Waals surface area contributed by atoms with Gasteiger partial charge < -0.3 is 4.74 Å². The molecule has 0 N–H and O–H groups in total. The Hall–Kier alpha value is -0.670. The Morgan fingerprint density at radius 2 is 1.71 bits per heavy atom. The summed E-state index contributed by atoms with van der Waals surface area (Å²) in [6.07, 6.45) is 3.53. The lowest BCUT2D eigenvalue weighted by molar-refractivity contribution is -0.143. The van der Waals surface area contributed by atoms with Crippen LogP contribution in [0.1, 0.15) is 65.2 Å². The fourth-order valence-electron chi connectivity index (χ4n) is 1.66. The van der Waals surface area contributed by atoms with Crippen molar-refractivity contribution in [1.29, 1.82) is 0 Å².